The van der Waals surface area contributed by atoms with Crippen molar-refractivity contribution in [2.24, 2.45) is 11.8 Å². The lowest BCUT2D eigenvalue weighted by molar-refractivity contribution is 0.0910. The average molecular weight is 437 g/mol. The molecule has 1 N–H and O–H groups in total. The van der Waals surface area contributed by atoms with Crippen LogP contribution in [-0.4, -0.2) is 55.1 Å². The summed E-state index contributed by atoms with van der Waals surface area (Å²) in [5.74, 6) is 1.20. The number of anilines is 1. The summed E-state index contributed by atoms with van der Waals surface area (Å²) >= 11 is 12.5. The summed E-state index contributed by atoms with van der Waals surface area (Å²) in [5, 5.41) is 4.21. The van der Waals surface area contributed by atoms with Gasteiger partial charge in [0, 0.05) is 32.7 Å². The Morgan fingerprint density at radius 1 is 1.17 bits per heavy atom. The van der Waals surface area contributed by atoms with E-state index >= 15 is 0 Å². The van der Waals surface area contributed by atoms with Crippen LogP contribution in [0.3, 0.4) is 0 Å². The minimum Gasteiger partial charge on any atom is -0.451 e. The first-order valence-corrected chi connectivity index (χ1v) is 10.9. The van der Waals surface area contributed by atoms with Gasteiger partial charge in [0.15, 0.2) is 12.1 Å². The zero-order valence-electron chi connectivity index (χ0n) is 16.3. The Labute approximate surface area is 181 Å². The molecule has 0 atom stereocenters. The fourth-order valence-electron chi connectivity index (χ4n) is 4.24. The molecule has 1 saturated heterocycles. The van der Waals surface area contributed by atoms with E-state index in [0.29, 0.717) is 21.7 Å². The quantitative estimate of drug-likeness (QED) is 0.711. The van der Waals surface area contributed by atoms with Crippen molar-refractivity contribution in [3.05, 3.63) is 46.6 Å². The van der Waals surface area contributed by atoms with Gasteiger partial charge in [0.1, 0.15) is 6.26 Å². The molecule has 29 heavy (non-hydrogen) atoms. The number of carbonyl (C=O) groups is 1. The summed E-state index contributed by atoms with van der Waals surface area (Å²) < 4.78 is 4.84. The number of hydrogen-bond donors (Lipinski definition) is 1. The third-order valence-corrected chi connectivity index (χ3v) is 6.86. The Morgan fingerprint density at radius 2 is 1.97 bits per heavy atom. The molecule has 0 unspecified atom stereocenters. The average Bonchev–Trinajstić information content (AvgIpc) is 3.24. The SMILES string of the molecule is O=C(NCC1CC(CCN2CCN(c3cccc(Cl)c3Cl)CC2)C1)c1cocn1. The van der Waals surface area contributed by atoms with Crippen LogP contribution in [0.25, 0.3) is 0 Å². The molecule has 2 aliphatic rings. The van der Waals surface area contributed by atoms with Crippen LogP contribution in [0, 0.1) is 11.8 Å². The molecule has 2 fully saturated rings. The van der Waals surface area contributed by atoms with Gasteiger partial charge in [0.2, 0.25) is 0 Å². The normalized spacial score (nSPS) is 22.3. The molecule has 1 aromatic heterocycles. The molecule has 8 heteroatoms. The minimum absolute atomic E-state index is 0.153. The highest BCUT2D eigenvalue weighted by atomic mass is 35.5. The summed E-state index contributed by atoms with van der Waals surface area (Å²) in [4.78, 5) is 20.6. The maximum Gasteiger partial charge on any atom is 0.273 e. The van der Waals surface area contributed by atoms with Crippen molar-refractivity contribution in [2.45, 2.75) is 19.3 Å². The molecule has 4 rings (SSSR count). The van der Waals surface area contributed by atoms with Crippen molar-refractivity contribution in [1.29, 1.82) is 0 Å². The van der Waals surface area contributed by atoms with Gasteiger partial charge in [-0.15, -0.1) is 0 Å². The Bertz CT molecular complexity index is 816. The van der Waals surface area contributed by atoms with E-state index in [-0.39, 0.29) is 5.91 Å². The molecule has 1 saturated carbocycles. The van der Waals surface area contributed by atoms with Crippen LogP contribution in [-0.2, 0) is 0 Å². The van der Waals surface area contributed by atoms with Gasteiger partial charge < -0.3 is 14.6 Å². The largest absolute Gasteiger partial charge is 0.451 e. The number of benzene rings is 1. The van der Waals surface area contributed by atoms with Crippen molar-refractivity contribution in [2.75, 3.05) is 44.2 Å². The second-order valence-electron chi connectivity index (χ2n) is 7.98. The monoisotopic (exact) mass is 436 g/mol. The number of nitrogens with one attached hydrogen (secondary N) is 1. The summed E-state index contributed by atoms with van der Waals surface area (Å²) in [6.45, 7) is 5.91. The number of amides is 1. The van der Waals surface area contributed by atoms with Crippen LogP contribution >= 0.6 is 23.2 Å². The fraction of sp³-hybridized carbons (Fsp3) is 0.524. The lowest BCUT2D eigenvalue weighted by Crippen LogP contribution is -2.47. The first-order valence-electron chi connectivity index (χ1n) is 10.2. The summed E-state index contributed by atoms with van der Waals surface area (Å²) in [6.07, 6.45) is 6.26. The van der Waals surface area contributed by atoms with Crippen LogP contribution in [0.15, 0.2) is 35.3 Å². The van der Waals surface area contributed by atoms with Gasteiger partial charge in [-0.1, -0.05) is 29.3 Å². The molecule has 2 heterocycles. The van der Waals surface area contributed by atoms with Gasteiger partial charge in [-0.3, -0.25) is 9.69 Å². The fourth-order valence-corrected chi connectivity index (χ4v) is 4.66. The molecule has 0 bridgehead atoms. The number of rotatable bonds is 7. The third kappa shape index (κ3) is 5.05. The number of aromatic nitrogens is 1. The van der Waals surface area contributed by atoms with Crippen LogP contribution in [0.2, 0.25) is 10.0 Å². The molecular weight excluding hydrogens is 411 g/mol. The van der Waals surface area contributed by atoms with Crippen LogP contribution in [0.1, 0.15) is 29.8 Å². The number of piperazine rings is 1. The van der Waals surface area contributed by atoms with Gasteiger partial charge in [-0.05, 0) is 49.8 Å². The van der Waals surface area contributed by atoms with Crippen molar-refractivity contribution in [3.8, 4) is 0 Å². The van der Waals surface area contributed by atoms with E-state index < -0.39 is 0 Å². The van der Waals surface area contributed by atoms with E-state index in [0.717, 1.165) is 50.9 Å². The lowest BCUT2D eigenvalue weighted by atomic mass is 9.73. The third-order valence-electron chi connectivity index (χ3n) is 6.05. The molecule has 6 nitrogen and oxygen atoms in total. The summed E-state index contributed by atoms with van der Waals surface area (Å²) in [6, 6.07) is 5.83. The Morgan fingerprint density at radius 3 is 2.69 bits per heavy atom. The van der Waals surface area contributed by atoms with Gasteiger partial charge in [0.05, 0.1) is 15.7 Å². The Balaban J connectivity index is 1.12. The highest BCUT2D eigenvalue weighted by molar-refractivity contribution is 6.43. The lowest BCUT2D eigenvalue weighted by Gasteiger charge is -2.39. The molecule has 1 aliphatic carbocycles. The topological polar surface area (TPSA) is 61.6 Å². The van der Waals surface area contributed by atoms with E-state index in [1.165, 1.54) is 31.9 Å². The number of halogens is 2. The predicted octanol–water partition coefficient (Wildman–Crippen LogP) is 3.95. The Hall–Kier alpha value is -1.76. The first kappa shape index (κ1) is 20.5. The van der Waals surface area contributed by atoms with E-state index in [1.807, 2.05) is 18.2 Å². The molecule has 2 aromatic rings. The maximum absolute atomic E-state index is 11.9. The van der Waals surface area contributed by atoms with E-state index in [2.05, 4.69) is 20.1 Å². The minimum atomic E-state index is -0.153. The zero-order valence-corrected chi connectivity index (χ0v) is 17.8. The number of hydrogen-bond acceptors (Lipinski definition) is 5. The highest BCUT2D eigenvalue weighted by Crippen LogP contribution is 2.36. The second kappa shape index (κ2) is 9.37. The molecule has 1 aliphatic heterocycles. The van der Waals surface area contributed by atoms with E-state index in [4.69, 9.17) is 27.6 Å². The maximum atomic E-state index is 11.9. The predicted molar refractivity (Wildman–Crippen MR) is 115 cm³/mol. The highest BCUT2D eigenvalue weighted by Gasteiger charge is 2.30. The number of nitrogens with zero attached hydrogens (tertiary/aromatic N) is 3. The summed E-state index contributed by atoms with van der Waals surface area (Å²) in [7, 11) is 0. The second-order valence-corrected chi connectivity index (χ2v) is 8.76. The van der Waals surface area contributed by atoms with Crippen molar-refractivity contribution in [3.63, 3.8) is 0 Å². The van der Waals surface area contributed by atoms with Crippen LogP contribution in [0.5, 0.6) is 0 Å². The van der Waals surface area contributed by atoms with Gasteiger partial charge in [-0.25, -0.2) is 4.98 Å². The smallest absolute Gasteiger partial charge is 0.273 e. The van der Waals surface area contributed by atoms with Gasteiger partial charge >= 0.3 is 0 Å². The standard InChI is InChI=1S/C21H26Cl2N4O2/c22-17-2-1-3-19(20(17)23)27-8-6-26(7-9-27)5-4-15-10-16(11-15)12-24-21(28)18-13-29-14-25-18/h1-3,13-16H,4-12H2,(H,24,28). The molecular formula is C21H26Cl2N4O2. The van der Waals surface area contributed by atoms with E-state index in [1.54, 1.807) is 0 Å². The van der Waals surface area contributed by atoms with Crippen molar-refractivity contribution >= 4 is 34.8 Å². The first-order chi connectivity index (χ1) is 14.1. The molecule has 156 valence electrons. The van der Waals surface area contributed by atoms with Crippen LogP contribution in [0.4, 0.5) is 5.69 Å². The number of oxazole rings is 1. The van der Waals surface area contributed by atoms with Crippen molar-refractivity contribution < 1.29 is 9.21 Å². The van der Waals surface area contributed by atoms with Gasteiger partial charge in [0.25, 0.3) is 5.91 Å². The molecule has 1 amide bonds. The molecule has 1 aromatic carbocycles. The Kier molecular flexibility index (Phi) is 6.63. The van der Waals surface area contributed by atoms with Crippen molar-refractivity contribution in [1.82, 2.24) is 15.2 Å². The number of carbonyl (C=O) groups excluding carboxylic acids is 1. The van der Waals surface area contributed by atoms with Gasteiger partial charge in [-0.2, -0.15) is 0 Å². The molecule has 0 radical (unpaired) electrons. The van der Waals surface area contributed by atoms with E-state index in [9.17, 15) is 4.79 Å². The zero-order chi connectivity index (χ0) is 20.2. The molecule has 0 spiro atoms. The summed E-state index contributed by atoms with van der Waals surface area (Å²) in [5.41, 5.74) is 1.38. The van der Waals surface area contributed by atoms with Crippen LogP contribution < -0.4 is 10.2 Å².